The van der Waals surface area contributed by atoms with Crippen molar-refractivity contribution in [1.29, 1.82) is 0 Å². The molecule has 2 aromatic rings. The van der Waals surface area contributed by atoms with Crippen LogP contribution in [-0.2, 0) is 0 Å². The predicted molar refractivity (Wildman–Crippen MR) is 74.2 cm³/mol. The third-order valence-corrected chi connectivity index (χ3v) is 3.09. The Kier molecular flexibility index (Phi) is 4.13. The van der Waals surface area contributed by atoms with E-state index >= 15 is 0 Å². The Hall–Kier alpha value is -2.09. The maximum absolute atomic E-state index is 9.21. The number of hydrogen-bond acceptors (Lipinski definition) is 2. The van der Waals surface area contributed by atoms with Gasteiger partial charge in [0.05, 0.1) is 11.6 Å². The van der Waals surface area contributed by atoms with Crippen LogP contribution in [0.5, 0.6) is 0 Å². The molecule has 2 heteroatoms. The summed E-state index contributed by atoms with van der Waals surface area (Å²) in [5.41, 5.74) is 3.09. The summed E-state index contributed by atoms with van der Waals surface area (Å²) in [6.07, 6.45) is 0.727. The minimum Gasteiger partial charge on any atom is -0.411 e. The van der Waals surface area contributed by atoms with Crippen molar-refractivity contribution < 1.29 is 5.21 Å². The van der Waals surface area contributed by atoms with E-state index in [9.17, 15) is 5.21 Å². The number of hydrogen-bond donors (Lipinski definition) is 1. The molecule has 0 bridgehead atoms. The predicted octanol–water partition coefficient (Wildman–Crippen LogP) is 4.06. The molecule has 0 aliphatic rings. The van der Waals surface area contributed by atoms with Crippen molar-refractivity contribution in [2.45, 2.75) is 19.3 Å². The average molecular weight is 239 g/mol. The third kappa shape index (κ3) is 2.59. The molecule has 1 N–H and O–H groups in total. The van der Waals surface area contributed by atoms with E-state index in [1.54, 1.807) is 0 Å². The minimum atomic E-state index is 0.0300. The number of nitrogens with zero attached hydrogens (tertiary/aromatic N) is 1. The molecule has 0 fully saturated rings. The number of benzene rings is 2. The topological polar surface area (TPSA) is 32.6 Å². The molecule has 18 heavy (non-hydrogen) atoms. The molecular weight excluding hydrogens is 222 g/mol. The molecule has 0 atom stereocenters. The van der Waals surface area contributed by atoms with E-state index in [2.05, 4.69) is 29.4 Å². The van der Waals surface area contributed by atoms with Gasteiger partial charge in [-0.15, -0.1) is 0 Å². The molecule has 0 saturated heterocycles. The van der Waals surface area contributed by atoms with E-state index in [0.717, 1.165) is 23.3 Å². The summed E-state index contributed by atoms with van der Waals surface area (Å²) in [7, 11) is 0. The van der Waals surface area contributed by atoms with Crippen LogP contribution in [0.1, 0.15) is 30.4 Å². The van der Waals surface area contributed by atoms with Gasteiger partial charge in [0.25, 0.3) is 0 Å². The summed E-state index contributed by atoms with van der Waals surface area (Å²) in [5.74, 6) is 0.0300. The average Bonchev–Trinajstić information content (AvgIpc) is 2.46. The quantitative estimate of drug-likeness (QED) is 0.487. The van der Waals surface area contributed by atoms with Crippen molar-refractivity contribution >= 4 is 5.71 Å². The third-order valence-electron chi connectivity index (χ3n) is 3.09. The summed E-state index contributed by atoms with van der Waals surface area (Å²) >= 11 is 0. The van der Waals surface area contributed by atoms with Gasteiger partial charge >= 0.3 is 0 Å². The lowest BCUT2D eigenvalue weighted by atomic mass is 9.86. The van der Waals surface area contributed by atoms with Crippen LogP contribution >= 0.6 is 0 Å². The van der Waals surface area contributed by atoms with Crippen LogP contribution in [0.4, 0.5) is 0 Å². The van der Waals surface area contributed by atoms with Crippen molar-refractivity contribution in [2.75, 3.05) is 0 Å². The fourth-order valence-electron chi connectivity index (χ4n) is 2.20. The summed E-state index contributed by atoms with van der Waals surface area (Å²) in [5, 5.41) is 12.7. The van der Waals surface area contributed by atoms with Crippen LogP contribution in [0.25, 0.3) is 0 Å². The summed E-state index contributed by atoms with van der Waals surface area (Å²) in [6, 6.07) is 20.3. The van der Waals surface area contributed by atoms with E-state index in [4.69, 9.17) is 0 Å². The Morgan fingerprint density at radius 1 is 0.944 bits per heavy atom. The molecule has 0 radical (unpaired) electrons. The van der Waals surface area contributed by atoms with E-state index in [0.29, 0.717) is 0 Å². The van der Waals surface area contributed by atoms with Crippen LogP contribution in [0.2, 0.25) is 0 Å². The molecule has 0 aliphatic heterocycles. The van der Waals surface area contributed by atoms with Gasteiger partial charge in [-0.05, 0) is 17.5 Å². The molecule has 0 saturated carbocycles. The first-order valence-corrected chi connectivity index (χ1v) is 6.17. The Labute approximate surface area is 108 Å². The Bertz CT molecular complexity index is 466. The molecule has 0 aromatic heterocycles. The number of oxime groups is 1. The summed E-state index contributed by atoms with van der Waals surface area (Å²) in [6.45, 7) is 2.01. The van der Waals surface area contributed by atoms with Crippen molar-refractivity contribution in [3.05, 3.63) is 71.8 Å². The van der Waals surface area contributed by atoms with Crippen molar-refractivity contribution in [1.82, 2.24) is 0 Å². The summed E-state index contributed by atoms with van der Waals surface area (Å²) < 4.78 is 0. The van der Waals surface area contributed by atoms with Gasteiger partial charge in [-0.1, -0.05) is 72.7 Å². The fraction of sp³-hybridized carbons (Fsp3) is 0.188. The van der Waals surface area contributed by atoms with E-state index in [1.165, 1.54) is 0 Å². The zero-order valence-corrected chi connectivity index (χ0v) is 10.5. The first-order chi connectivity index (χ1) is 8.86. The first kappa shape index (κ1) is 12.4. The highest BCUT2D eigenvalue weighted by Crippen LogP contribution is 2.27. The second-order valence-corrected chi connectivity index (χ2v) is 4.20. The maximum atomic E-state index is 9.21. The molecule has 2 rings (SSSR count). The Morgan fingerprint density at radius 3 is 1.72 bits per heavy atom. The van der Waals surface area contributed by atoms with Crippen LogP contribution in [0.15, 0.2) is 65.8 Å². The van der Waals surface area contributed by atoms with Crippen molar-refractivity contribution in [2.24, 2.45) is 5.16 Å². The molecular formula is C16H17NO. The maximum Gasteiger partial charge on any atom is 0.0686 e. The van der Waals surface area contributed by atoms with Gasteiger partial charge in [0.2, 0.25) is 0 Å². The van der Waals surface area contributed by atoms with E-state index in [1.807, 2.05) is 43.3 Å². The molecule has 0 heterocycles. The van der Waals surface area contributed by atoms with E-state index < -0.39 is 0 Å². The lowest BCUT2D eigenvalue weighted by Crippen LogP contribution is -2.13. The molecule has 0 aliphatic carbocycles. The monoisotopic (exact) mass is 239 g/mol. The molecule has 92 valence electrons. The van der Waals surface area contributed by atoms with Crippen LogP contribution in [0.3, 0.4) is 0 Å². The zero-order chi connectivity index (χ0) is 12.8. The fourth-order valence-corrected chi connectivity index (χ4v) is 2.20. The van der Waals surface area contributed by atoms with Crippen molar-refractivity contribution in [3.63, 3.8) is 0 Å². The van der Waals surface area contributed by atoms with Crippen LogP contribution in [-0.4, -0.2) is 10.9 Å². The second-order valence-electron chi connectivity index (χ2n) is 4.20. The highest BCUT2D eigenvalue weighted by Gasteiger charge is 2.19. The van der Waals surface area contributed by atoms with Crippen molar-refractivity contribution in [3.8, 4) is 0 Å². The second kappa shape index (κ2) is 6.01. The van der Waals surface area contributed by atoms with Gasteiger partial charge in [-0.25, -0.2) is 0 Å². The standard InChI is InChI=1S/C16H17NO/c1-2-15(17-18)16(13-9-5-3-6-10-13)14-11-7-4-8-12-14/h3-12,16,18H,2H2,1H3/b17-15+. The SMILES string of the molecule is CC/C(=N\O)C(c1ccccc1)c1ccccc1. The molecule has 0 amide bonds. The lowest BCUT2D eigenvalue weighted by Gasteiger charge is -2.18. The molecule has 2 aromatic carbocycles. The van der Waals surface area contributed by atoms with Gasteiger partial charge < -0.3 is 5.21 Å². The highest BCUT2D eigenvalue weighted by atomic mass is 16.4. The first-order valence-electron chi connectivity index (χ1n) is 6.17. The van der Waals surface area contributed by atoms with Gasteiger partial charge in [-0.2, -0.15) is 0 Å². The summed E-state index contributed by atoms with van der Waals surface area (Å²) in [4.78, 5) is 0. The normalized spacial score (nSPS) is 11.8. The van der Waals surface area contributed by atoms with E-state index in [-0.39, 0.29) is 5.92 Å². The minimum absolute atomic E-state index is 0.0300. The highest BCUT2D eigenvalue weighted by molar-refractivity contribution is 5.93. The Balaban J connectivity index is 2.48. The van der Waals surface area contributed by atoms with Gasteiger partial charge in [-0.3, -0.25) is 0 Å². The zero-order valence-electron chi connectivity index (χ0n) is 10.5. The molecule has 2 nitrogen and oxygen atoms in total. The lowest BCUT2D eigenvalue weighted by molar-refractivity contribution is 0.316. The Morgan fingerprint density at radius 2 is 1.39 bits per heavy atom. The van der Waals surface area contributed by atoms with Gasteiger partial charge in [0, 0.05) is 0 Å². The smallest absolute Gasteiger partial charge is 0.0686 e. The van der Waals surface area contributed by atoms with Crippen LogP contribution < -0.4 is 0 Å². The number of rotatable bonds is 4. The molecule has 0 unspecified atom stereocenters. The molecule has 0 spiro atoms. The van der Waals surface area contributed by atoms with Crippen LogP contribution in [0, 0.1) is 0 Å². The van der Waals surface area contributed by atoms with Gasteiger partial charge in [0.1, 0.15) is 0 Å². The largest absolute Gasteiger partial charge is 0.411 e. The van der Waals surface area contributed by atoms with Gasteiger partial charge in [0.15, 0.2) is 0 Å².